The molecule has 3 aliphatic heterocycles. The van der Waals surface area contributed by atoms with Gasteiger partial charge in [0.25, 0.3) is 0 Å². The lowest BCUT2D eigenvalue weighted by atomic mass is 10.1. The molecule has 3 heterocycles. The van der Waals surface area contributed by atoms with Crippen LogP contribution < -0.4 is 4.90 Å². The van der Waals surface area contributed by atoms with Crippen molar-refractivity contribution in [3.05, 3.63) is 17.2 Å². The lowest BCUT2D eigenvalue weighted by Crippen LogP contribution is -1.84. The molecule has 1 nitrogen and oxygen atoms in total. The van der Waals surface area contributed by atoms with Gasteiger partial charge in [0, 0.05) is 0 Å². The van der Waals surface area contributed by atoms with E-state index < -0.39 is 0 Å². The SMILES string of the molecule is Cc1cc2c3c(c1C)N23. The number of hydrogen-bond donors (Lipinski definition) is 0. The van der Waals surface area contributed by atoms with Crippen molar-refractivity contribution in [1.29, 1.82) is 0 Å². The number of benzene rings is 1. The lowest BCUT2D eigenvalue weighted by molar-refractivity contribution is 1.34. The molecule has 0 radical (unpaired) electrons. The van der Waals surface area contributed by atoms with E-state index in [-0.39, 0.29) is 0 Å². The van der Waals surface area contributed by atoms with Crippen LogP contribution in [0.15, 0.2) is 6.07 Å². The molecule has 0 fully saturated rings. The Balaban J connectivity index is 2.47. The average Bonchev–Trinajstić information content (AvgIpc) is 2.61. The predicted molar refractivity (Wildman–Crippen MR) is 37.7 cm³/mol. The van der Waals surface area contributed by atoms with Gasteiger partial charge in [-0.3, -0.25) is 0 Å². The van der Waals surface area contributed by atoms with E-state index in [9.17, 15) is 0 Å². The molecule has 0 saturated carbocycles. The Morgan fingerprint density at radius 2 is 1.89 bits per heavy atom. The molecule has 1 aromatic carbocycles. The number of aryl methyl sites for hydroxylation is 1. The topological polar surface area (TPSA) is 3.01 Å². The van der Waals surface area contributed by atoms with Crippen LogP contribution in [-0.4, -0.2) is 0 Å². The summed E-state index contributed by atoms with van der Waals surface area (Å²) in [7, 11) is 0. The van der Waals surface area contributed by atoms with Gasteiger partial charge in [-0.25, -0.2) is 0 Å². The fraction of sp³-hybridized carbons (Fsp3) is 0.250. The monoisotopic (exact) mass is 117 g/mol. The minimum absolute atomic E-state index is 1.44. The van der Waals surface area contributed by atoms with Crippen molar-refractivity contribution in [1.82, 2.24) is 0 Å². The minimum Gasteiger partial charge on any atom is -0.302 e. The molecule has 0 aromatic heterocycles. The summed E-state index contributed by atoms with van der Waals surface area (Å²) in [5, 5.41) is 0. The van der Waals surface area contributed by atoms with Crippen molar-refractivity contribution in [3.8, 4) is 0 Å². The van der Waals surface area contributed by atoms with E-state index in [4.69, 9.17) is 0 Å². The van der Waals surface area contributed by atoms with Crippen LogP contribution in [0.1, 0.15) is 11.1 Å². The molecule has 0 saturated heterocycles. The van der Waals surface area contributed by atoms with E-state index in [1.165, 1.54) is 28.2 Å². The average molecular weight is 117 g/mol. The van der Waals surface area contributed by atoms with Crippen LogP contribution in [0, 0.1) is 13.8 Å². The van der Waals surface area contributed by atoms with Crippen molar-refractivity contribution in [2.45, 2.75) is 13.8 Å². The first kappa shape index (κ1) is 3.94. The van der Waals surface area contributed by atoms with Crippen molar-refractivity contribution in [2.75, 3.05) is 4.90 Å². The first-order valence-corrected chi connectivity index (χ1v) is 3.25. The van der Waals surface area contributed by atoms with Gasteiger partial charge in [-0.1, -0.05) is 0 Å². The zero-order valence-electron chi connectivity index (χ0n) is 5.52. The smallest absolute Gasteiger partial charge is 0.0951 e. The number of rotatable bonds is 0. The normalized spacial score (nSPS) is 15.6. The molecule has 44 valence electrons. The van der Waals surface area contributed by atoms with Gasteiger partial charge in [0.1, 0.15) is 0 Å². The summed E-state index contributed by atoms with van der Waals surface area (Å²) in [5.74, 6) is 0. The summed E-state index contributed by atoms with van der Waals surface area (Å²) < 4.78 is 0. The van der Waals surface area contributed by atoms with Gasteiger partial charge >= 0.3 is 0 Å². The molecule has 4 rings (SSSR count). The molecular formula is C8H7N. The molecule has 0 atom stereocenters. The summed E-state index contributed by atoms with van der Waals surface area (Å²) in [4.78, 5) is 2.31. The maximum absolute atomic E-state index is 2.31. The molecule has 0 amide bonds. The molecule has 0 N–H and O–H groups in total. The Hall–Kier alpha value is -0.980. The van der Waals surface area contributed by atoms with Crippen molar-refractivity contribution >= 4 is 17.1 Å². The highest BCUT2D eigenvalue weighted by atomic mass is 15.4. The summed E-state index contributed by atoms with van der Waals surface area (Å²) in [5.41, 5.74) is 7.40. The maximum Gasteiger partial charge on any atom is 0.0951 e. The Morgan fingerprint density at radius 1 is 1.22 bits per heavy atom. The first-order chi connectivity index (χ1) is 4.30. The van der Waals surface area contributed by atoms with Crippen LogP contribution in [0.25, 0.3) is 0 Å². The van der Waals surface area contributed by atoms with Gasteiger partial charge < -0.3 is 4.90 Å². The van der Waals surface area contributed by atoms with Crippen molar-refractivity contribution < 1.29 is 0 Å². The molecule has 1 heteroatoms. The Labute approximate surface area is 53.9 Å². The van der Waals surface area contributed by atoms with Crippen LogP contribution in [0.2, 0.25) is 0 Å². The van der Waals surface area contributed by atoms with E-state index in [1.807, 2.05) is 0 Å². The molecule has 3 aliphatic rings. The zero-order valence-corrected chi connectivity index (χ0v) is 5.52. The van der Waals surface area contributed by atoms with Crippen LogP contribution >= 0.6 is 0 Å². The maximum atomic E-state index is 2.31. The molecule has 2 bridgehead atoms. The number of nitrogens with zero attached hydrogens (tertiary/aromatic N) is 1. The van der Waals surface area contributed by atoms with Crippen LogP contribution in [0.3, 0.4) is 0 Å². The molecule has 1 aromatic rings. The van der Waals surface area contributed by atoms with E-state index in [0.717, 1.165) is 0 Å². The molecule has 0 unspecified atom stereocenters. The Morgan fingerprint density at radius 3 is 2.33 bits per heavy atom. The highest BCUT2D eigenvalue weighted by Crippen LogP contribution is 2.75. The van der Waals surface area contributed by atoms with Crippen LogP contribution in [0.5, 0.6) is 0 Å². The van der Waals surface area contributed by atoms with Crippen molar-refractivity contribution in [3.63, 3.8) is 0 Å². The fourth-order valence-corrected chi connectivity index (χ4v) is 1.51. The number of anilines is 3. The van der Waals surface area contributed by atoms with Crippen molar-refractivity contribution in [2.24, 2.45) is 0 Å². The first-order valence-electron chi connectivity index (χ1n) is 3.25. The number of fused-ring (bicyclic) bond motifs is 2. The van der Waals surface area contributed by atoms with E-state index in [0.29, 0.717) is 0 Å². The van der Waals surface area contributed by atoms with Crippen LogP contribution in [0.4, 0.5) is 17.1 Å². The Kier molecular flexibility index (Phi) is 0.343. The van der Waals surface area contributed by atoms with E-state index in [1.54, 1.807) is 0 Å². The van der Waals surface area contributed by atoms with Gasteiger partial charge in [-0.15, -0.1) is 0 Å². The molecule has 9 heavy (non-hydrogen) atoms. The van der Waals surface area contributed by atoms with Gasteiger partial charge in [-0.05, 0) is 31.0 Å². The quantitative estimate of drug-likeness (QED) is 0.408. The summed E-state index contributed by atoms with van der Waals surface area (Å²) in [6.45, 7) is 4.37. The summed E-state index contributed by atoms with van der Waals surface area (Å²) in [6.07, 6.45) is 0. The van der Waals surface area contributed by atoms with Gasteiger partial charge in [-0.2, -0.15) is 0 Å². The van der Waals surface area contributed by atoms with E-state index in [2.05, 4.69) is 24.8 Å². The van der Waals surface area contributed by atoms with Crippen LogP contribution in [-0.2, 0) is 0 Å². The predicted octanol–water partition coefficient (Wildman–Crippen LogP) is 2.40. The summed E-state index contributed by atoms with van der Waals surface area (Å²) >= 11 is 0. The molecular weight excluding hydrogens is 110 g/mol. The third-order valence-corrected chi connectivity index (χ3v) is 2.35. The van der Waals surface area contributed by atoms with E-state index >= 15 is 0 Å². The lowest BCUT2D eigenvalue weighted by Gasteiger charge is -2.01. The Bertz CT molecular complexity index is 317. The largest absolute Gasteiger partial charge is 0.302 e. The number of hydrogen-bond acceptors (Lipinski definition) is 1. The molecule has 0 aliphatic carbocycles. The van der Waals surface area contributed by atoms with Gasteiger partial charge in [0.15, 0.2) is 0 Å². The fourth-order valence-electron chi connectivity index (χ4n) is 1.51. The van der Waals surface area contributed by atoms with Gasteiger partial charge in [0.05, 0.1) is 17.1 Å². The third-order valence-electron chi connectivity index (χ3n) is 2.35. The second-order valence-corrected chi connectivity index (χ2v) is 2.87. The highest BCUT2D eigenvalue weighted by Gasteiger charge is 2.51. The molecule has 0 spiro atoms. The zero-order chi connectivity index (χ0) is 6.17. The second kappa shape index (κ2) is 0.783. The highest BCUT2D eigenvalue weighted by molar-refractivity contribution is 6.26. The standard InChI is InChI=1S/C8H7N/c1-4-3-6-8-7(5(4)2)9(6)8/h3H,1-2H3. The van der Waals surface area contributed by atoms with Gasteiger partial charge in [0.2, 0.25) is 0 Å². The minimum atomic E-state index is 1.44. The third kappa shape index (κ3) is 0.242. The second-order valence-electron chi connectivity index (χ2n) is 2.87. The summed E-state index contributed by atoms with van der Waals surface area (Å²) in [6, 6.07) is 2.26.